The summed E-state index contributed by atoms with van der Waals surface area (Å²) in [4.78, 5) is 24.5. The average molecular weight is 903 g/mol. The molecule has 0 saturated carbocycles. The van der Waals surface area contributed by atoms with Crippen LogP contribution in [0.3, 0.4) is 0 Å². The molecule has 0 aliphatic carbocycles. The predicted molar refractivity (Wildman–Crippen MR) is 278 cm³/mol. The number of carbonyl (C=O) groups excluding carboxylic acids is 2. The standard InChI is InChI=1S/C58H111NO5/c1-3-5-7-9-11-13-15-17-19-20-21-22-23-25-26-30-34-38-42-46-50-56(61)55(54-60)59-57(62)51-47-43-39-35-31-28-29-33-37-41-45-49-53-64-58(63)52-48-44-40-36-32-27-24-18-16-14-12-10-8-6-4-2/h12,14,18,24,55-56,60-61H,3-11,13,15-17,19-23,25-54H2,1-2H3,(H,59,62)/b14-12-,24-18-. The molecule has 0 radical (unpaired) electrons. The van der Waals surface area contributed by atoms with Crippen LogP contribution >= 0.6 is 0 Å². The van der Waals surface area contributed by atoms with Crippen molar-refractivity contribution in [2.75, 3.05) is 13.2 Å². The molecule has 0 bridgehead atoms. The van der Waals surface area contributed by atoms with Crippen LogP contribution in [0.4, 0.5) is 0 Å². The molecule has 0 aliphatic rings. The van der Waals surface area contributed by atoms with E-state index >= 15 is 0 Å². The van der Waals surface area contributed by atoms with Gasteiger partial charge >= 0.3 is 5.97 Å². The number of carbonyl (C=O) groups is 2. The highest BCUT2D eigenvalue weighted by atomic mass is 16.5. The molecule has 0 rings (SSSR count). The van der Waals surface area contributed by atoms with Gasteiger partial charge in [0.15, 0.2) is 0 Å². The third-order valence-electron chi connectivity index (χ3n) is 13.3. The second-order valence-electron chi connectivity index (χ2n) is 19.6. The van der Waals surface area contributed by atoms with E-state index in [-0.39, 0.29) is 18.5 Å². The van der Waals surface area contributed by atoms with E-state index in [4.69, 9.17) is 4.74 Å². The van der Waals surface area contributed by atoms with E-state index in [1.54, 1.807) is 0 Å². The third kappa shape index (κ3) is 49.8. The summed E-state index contributed by atoms with van der Waals surface area (Å²) in [7, 11) is 0. The molecule has 2 unspecified atom stereocenters. The van der Waals surface area contributed by atoms with Crippen molar-refractivity contribution in [3.8, 4) is 0 Å². The van der Waals surface area contributed by atoms with Gasteiger partial charge in [0.25, 0.3) is 0 Å². The highest BCUT2D eigenvalue weighted by Gasteiger charge is 2.20. The molecule has 1 amide bonds. The first-order valence-electron chi connectivity index (χ1n) is 28.6. The second-order valence-corrected chi connectivity index (χ2v) is 19.6. The number of hydrogen-bond donors (Lipinski definition) is 3. The highest BCUT2D eigenvalue weighted by molar-refractivity contribution is 5.76. The minimum absolute atomic E-state index is 0.0225. The van der Waals surface area contributed by atoms with Gasteiger partial charge in [0.2, 0.25) is 5.91 Å². The maximum absolute atomic E-state index is 12.5. The van der Waals surface area contributed by atoms with Crippen molar-refractivity contribution in [3.63, 3.8) is 0 Å². The Bertz CT molecular complexity index is 997. The molecule has 378 valence electrons. The zero-order valence-corrected chi connectivity index (χ0v) is 43.0. The van der Waals surface area contributed by atoms with Crippen LogP contribution in [0, 0.1) is 0 Å². The summed E-state index contributed by atoms with van der Waals surface area (Å²) < 4.78 is 5.46. The summed E-state index contributed by atoms with van der Waals surface area (Å²) in [5.74, 6) is -0.0714. The Morgan fingerprint density at radius 2 is 0.781 bits per heavy atom. The molecule has 0 saturated heterocycles. The maximum atomic E-state index is 12.5. The first-order chi connectivity index (χ1) is 31.5. The summed E-state index contributed by atoms with van der Waals surface area (Å²) in [6.07, 6.45) is 64.4. The van der Waals surface area contributed by atoms with E-state index in [1.165, 1.54) is 205 Å². The molecule has 0 heterocycles. The van der Waals surface area contributed by atoms with Crippen LogP contribution in [0.25, 0.3) is 0 Å². The summed E-state index contributed by atoms with van der Waals surface area (Å²) in [5.41, 5.74) is 0. The Labute approximate surface area is 399 Å². The topological polar surface area (TPSA) is 95.9 Å². The van der Waals surface area contributed by atoms with Crippen LogP contribution in [0.15, 0.2) is 24.3 Å². The Hall–Kier alpha value is -1.66. The van der Waals surface area contributed by atoms with Crippen LogP contribution in [0.1, 0.15) is 309 Å². The lowest BCUT2D eigenvalue weighted by Gasteiger charge is -2.22. The van der Waals surface area contributed by atoms with Gasteiger partial charge in [-0.1, -0.05) is 263 Å². The number of esters is 1. The lowest BCUT2D eigenvalue weighted by Crippen LogP contribution is -2.45. The van der Waals surface area contributed by atoms with Gasteiger partial charge in [0.05, 0.1) is 25.4 Å². The second kappa shape index (κ2) is 54.0. The fraction of sp³-hybridized carbons (Fsp3) is 0.897. The molecule has 0 aromatic carbocycles. The Balaban J connectivity index is 3.46. The lowest BCUT2D eigenvalue weighted by molar-refractivity contribution is -0.143. The van der Waals surface area contributed by atoms with Gasteiger partial charge in [-0.05, 0) is 57.8 Å². The molecule has 0 aromatic heterocycles. The van der Waals surface area contributed by atoms with Gasteiger partial charge in [-0.3, -0.25) is 9.59 Å². The maximum Gasteiger partial charge on any atom is 0.305 e. The number of ether oxygens (including phenoxy) is 1. The summed E-state index contributed by atoms with van der Waals surface area (Å²) in [5, 5.41) is 23.3. The van der Waals surface area contributed by atoms with Crippen molar-refractivity contribution in [1.29, 1.82) is 0 Å². The van der Waals surface area contributed by atoms with Crippen molar-refractivity contribution in [3.05, 3.63) is 24.3 Å². The van der Waals surface area contributed by atoms with Crippen LogP contribution in [0.2, 0.25) is 0 Å². The fourth-order valence-corrected chi connectivity index (χ4v) is 8.85. The van der Waals surface area contributed by atoms with Crippen molar-refractivity contribution >= 4 is 11.9 Å². The Kier molecular flexibility index (Phi) is 52.6. The number of unbranched alkanes of at least 4 members (excludes halogenated alkanes) is 38. The summed E-state index contributed by atoms with van der Waals surface area (Å²) in [6.45, 7) is 4.90. The van der Waals surface area contributed by atoms with E-state index in [0.717, 1.165) is 70.6 Å². The minimum atomic E-state index is -0.676. The fourth-order valence-electron chi connectivity index (χ4n) is 8.85. The molecule has 0 fully saturated rings. The molecular formula is C58H111NO5. The SMILES string of the molecule is CCCCC/C=C\C/C=C\CCCCCCCC(=O)OCCCCCCCCCCCCCCC(=O)NC(CO)C(O)CCCCCCCCCCCCCCCCCCCCCC. The van der Waals surface area contributed by atoms with Gasteiger partial charge in [0, 0.05) is 12.8 Å². The van der Waals surface area contributed by atoms with Gasteiger partial charge in [-0.15, -0.1) is 0 Å². The molecular weight excluding hydrogens is 791 g/mol. The van der Waals surface area contributed by atoms with Gasteiger partial charge < -0.3 is 20.3 Å². The number of amides is 1. The van der Waals surface area contributed by atoms with Crippen LogP contribution < -0.4 is 5.32 Å². The van der Waals surface area contributed by atoms with E-state index in [0.29, 0.717) is 25.9 Å². The molecule has 0 aromatic rings. The quantitative estimate of drug-likeness (QED) is 0.0321. The van der Waals surface area contributed by atoms with Crippen LogP contribution in [-0.4, -0.2) is 47.4 Å². The predicted octanol–water partition coefficient (Wildman–Crippen LogP) is 17.5. The van der Waals surface area contributed by atoms with Crippen molar-refractivity contribution in [2.45, 2.75) is 321 Å². The van der Waals surface area contributed by atoms with E-state index in [9.17, 15) is 19.8 Å². The molecule has 2 atom stereocenters. The number of nitrogens with one attached hydrogen (secondary N) is 1. The summed E-state index contributed by atoms with van der Waals surface area (Å²) >= 11 is 0. The van der Waals surface area contributed by atoms with Gasteiger partial charge in [-0.2, -0.15) is 0 Å². The van der Waals surface area contributed by atoms with Crippen molar-refractivity contribution < 1.29 is 24.5 Å². The molecule has 3 N–H and O–H groups in total. The zero-order chi connectivity index (χ0) is 46.5. The lowest BCUT2D eigenvalue weighted by atomic mass is 10.0. The largest absolute Gasteiger partial charge is 0.466 e. The van der Waals surface area contributed by atoms with Gasteiger partial charge in [-0.25, -0.2) is 0 Å². The number of rotatable bonds is 53. The molecule has 6 nitrogen and oxygen atoms in total. The monoisotopic (exact) mass is 902 g/mol. The molecule has 0 spiro atoms. The van der Waals surface area contributed by atoms with E-state index in [1.807, 2.05) is 0 Å². The number of aliphatic hydroxyl groups excluding tert-OH is 2. The molecule has 6 heteroatoms. The molecule has 0 aliphatic heterocycles. The Morgan fingerprint density at radius 3 is 1.22 bits per heavy atom. The first-order valence-corrected chi connectivity index (χ1v) is 28.6. The minimum Gasteiger partial charge on any atom is -0.466 e. The summed E-state index contributed by atoms with van der Waals surface area (Å²) in [6, 6.07) is -0.554. The van der Waals surface area contributed by atoms with Crippen molar-refractivity contribution in [1.82, 2.24) is 5.32 Å². The molecule has 64 heavy (non-hydrogen) atoms. The Morgan fingerprint density at radius 1 is 0.438 bits per heavy atom. The zero-order valence-electron chi connectivity index (χ0n) is 43.0. The van der Waals surface area contributed by atoms with Crippen LogP contribution in [-0.2, 0) is 14.3 Å². The van der Waals surface area contributed by atoms with Crippen molar-refractivity contribution in [2.24, 2.45) is 0 Å². The smallest absolute Gasteiger partial charge is 0.305 e. The van der Waals surface area contributed by atoms with Gasteiger partial charge in [0.1, 0.15) is 0 Å². The number of aliphatic hydroxyl groups is 2. The van der Waals surface area contributed by atoms with E-state index < -0.39 is 12.1 Å². The number of hydrogen-bond acceptors (Lipinski definition) is 5. The third-order valence-corrected chi connectivity index (χ3v) is 13.3. The number of allylic oxidation sites excluding steroid dienone is 4. The van der Waals surface area contributed by atoms with E-state index in [2.05, 4.69) is 43.5 Å². The van der Waals surface area contributed by atoms with Crippen LogP contribution in [0.5, 0.6) is 0 Å². The highest BCUT2D eigenvalue weighted by Crippen LogP contribution is 2.17. The average Bonchev–Trinajstić information content (AvgIpc) is 3.29. The first kappa shape index (κ1) is 62.3. The normalized spacial score (nSPS) is 12.8.